The van der Waals surface area contributed by atoms with Crippen LogP contribution in [0.25, 0.3) is 0 Å². The predicted octanol–water partition coefficient (Wildman–Crippen LogP) is 0.976. The molecule has 1 amide bonds. The van der Waals surface area contributed by atoms with Crippen LogP contribution in [0, 0.1) is 12.8 Å². The van der Waals surface area contributed by atoms with Gasteiger partial charge in [-0.05, 0) is 38.7 Å². The molecule has 0 aliphatic carbocycles. The van der Waals surface area contributed by atoms with Gasteiger partial charge in [0, 0.05) is 50.3 Å². The zero-order chi connectivity index (χ0) is 17.8. The molecule has 1 aliphatic heterocycles. The molecule has 0 spiro atoms. The van der Waals surface area contributed by atoms with Crippen LogP contribution in [0.1, 0.15) is 15.9 Å². The highest BCUT2D eigenvalue weighted by Crippen LogP contribution is 2.22. The van der Waals surface area contributed by atoms with Crippen molar-refractivity contribution < 1.29 is 4.79 Å². The fraction of sp³-hybridized carbons (Fsp3) is 0.444. The molecule has 2 aromatic heterocycles. The Morgan fingerprint density at radius 1 is 1.28 bits per heavy atom. The highest BCUT2D eigenvalue weighted by atomic mass is 16.1. The van der Waals surface area contributed by atoms with Gasteiger partial charge in [0.15, 0.2) is 0 Å². The molecular formula is C18H24N6O. The molecule has 132 valence electrons. The van der Waals surface area contributed by atoms with E-state index in [1.165, 1.54) is 0 Å². The van der Waals surface area contributed by atoms with Gasteiger partial charge in [0.25, 0.3) is 5.91 Å². The second-order valence-electron chi connectivity index (χ2n) is 6.75. The molecular weight excluding hydrogens is 316 g/mol. The van der Waals surface area contributed by atoms with Crippen molar-refractivity contribution in [1.82, 2.24) is 25.2 Å². The SMILES string of the molecule is Cc1ccncc1C(=O)N[C@@H]1CN(c2ncccn2)C[C@H]1CN(C)C. The number of nitrogens with zero attached hydrogens (tertiary/aromatic N) is 5. The van der Waals surface area contributed by atoms with E-state index in [-0.39, 0.29) is 11.9 Å². The molecule has 0 unspecified atom stereocenters. The van der Waals surface area contributed by atoms with Crippen molar-refractivity contribution in [2.45, 2.75) is 13.0 Å². The van der Waals surface area contributed by atoms with Gasteiger partial charge in [-0.2, -0.15) is 0 Å². The number of carbonyl (C=O) groups is 1. The maximum Gasteiger partial charge on any atom is 0.253 e. The number of amides is 1. The lowest BCUT2D eigenvalue weighted by molar-refractivity contribution is 0.0927. The molecule has 0 radical (unpaired) electrons. The molecule has 3 heterocycles. The highest BCUT2D eigenvalue weighted by molar-refractivity contribution is 5.95. The van der Waals surface area contributed by atoms with E-state index in [1.807, 2.05) is 27.1 Å². The van der Waals surface area contributed by atoms with Gasteiger partial charge in [0.2, 0.25) is 5.95 Å². The van der Waals surface area contributed by atoms with Gasteiger partial charge in [-0.15, -0.1) is 0 Å². The fourth-order valence-electron chi connectivity index (χ4n) is 3.25. The Hall–Kier alpha value is -2.54. The van der Waals surface area contributed by atoms with Crippen molar-refractivity contribution >= 4 is 11.9 Å². The molecule has 3 rings (SSSR count). The number of aromatic nitrogens is 3. The van der Waals surface area contributed by atoms with E-state index in [1.54, 1.807) is 30.9 Å². The minimum Gasteiger partial charge on any atom is -0.347 e. The van der Waals surface area contributed by atoms with Crippen molar-refractivity contribution in [2.24, 2.45) is 5.92 Å². The van der Waals surface area contributed by atoms with Gasteiger partial charge < -0.3 is 15.1 Å². The first kappa shape index (κ1) is 17.3. The summed E-state index contributed by atoms with van der Waals surface area (Å²) in [4.78, 5) is 29.7. The summed E-state index contributed by atoms with van der Waals surface area (Å²) in [7, 11) is 4.09. The monoisotopic (exact) mass is 340 g/mol. The Morgan fingerprint density at radius 3 is 2.72 bits per heavy atom. The normalized spacial score (nSPS) is 20.1. The lowest BCUT2D eigenvalue weighted by atomic mass is 10.0. The number of aryl methyl sites for hydroxylation is 1. The highest BCUT2D eigenvalue weighted by Gasteiger charge is 2.35. The van der Waals surface area contributed by atoms with Crippen molar-refractivity contribution in [1.29, 1.82) is 0 Å². The van der Waals surface area contributed by atoms with Crippen LogP contribution in [0.4, 0.5) is 5.95 Å². The fourth-order valence-corrected chi connectivity index (χ4v) is 3.25. The van der Waals surface area contributed by atoms with Crippen LogP contribution in [0.5, 0.6) is 0 Å². The summed E-state index contributed by atoms with van der Waals surface area (Å²) in [6, 6.07) is 3.70. The molecule has 7 heteroatoms. The minimum absolute atomic E-state index is 0.0401. The molecule has 1 aliphatic rings. The number of hydrogen-bond acceptors (Lipinski definition) is 6. The van der Waals surface area contributed by atoms with E-state index in [0.29, 0.717) is 24.0 Å². The van der Waals surface area contributed by atoms with E-state index >= 15 is 0 Å². The van der Waals surface area contributed by atoms with Crippen LogP contribution < -0.4 is 10.2 Å². The molecule has 1 fully saturated rings. The summed E-state index contributed by atoms with van der Waals surface area (Å²) in [6.07, 6.45) is 6.81. The Kier molecular flexibility index (Phi) is 5.23. The lowest BCUT2D eigenvalue weighted by Gasteiger charge is -2.22. The predicted molar refractivity (Wildman–Crippen MR) is 96.5 cm³/mol. The topological polar surface area (TPSA) is 74.2 Å². The van der Waals surface area contributed by atoms with E-state index < -0.39 is 0 Å². The molecule has 25 heavy (non-hydrogen) atoms. The molecule has 0 bridgehead atoms. The molecule has 0 saturated carbocycles. The Bertz CT molecular complexity index is 721. The average Bonchev–Trinajstić information content (AvgIpc) is 2.98. The first-order valence-electron chi connectivity index (χ1n) is 8.42. The largest absolute Gasteiger partial charge is 0.347 e. The van der Waals surface area contributed by atoms with E-state index in [9.17, 15) is 4.79 Å². The van der Waals surface area contributed by atoms with Crippen LogP contribution in [0.3, 0.4) is 0 Å². The maximum absolute atomic E-state index is 12.7. The second-order valence-corrected chi connectivity index (χ2v) is 6.75. The van der Waals surface area contributed by atoms with Gasteiger partial charge in [-0.3, -0.25) is 9.78 Å². The third-order valence-electron chi connectivity index (χ3n) is 4.48. The van der Waals surface area contributed by atoms with Gasteiger partial charge in [-0.1, -0.05) is 0 Å². The average molecular weight is 340 g/mol. The molecule has 2 atom stereocenters. The number of pyridine rings is 1. The summed E-state index contributed by atoms with van der Waals surface area (Å²) in [5, 5.41) is 3.19. The van der Waals surface area contributed by atoms with Crippen molar-refractivity contribution in [3.8, 4) is 0 Å². The first-order chi connectivity index (χ1) is 12.0. The van der Waals surface area contributed by atoms with Gasteiger partial charge >= 0.3 is 0 Å². The maximum atomic E-state index is 12.7. The molecule has 7 nitrogen and oxygen atoms in total. The Morgan fingerprint density at radius 2 is 2.04 bits per heavy atom. The smallest absolute Gasteiger partial charge is 0.253 e. The van der Waals surface area contributed by atoms with Crippen LogP contribution in [0.15, 0.2) is 36.9 Å². The number of rotatable bonds is 5. The Balaban J connectivity index is 1.75. The van der Waals surface area contributed by atoms with E-state index in [2.05, 4.69) is 30.1 Å². The van der Waals surface area contributed by atoms with Crippen LogP contribution >= 0.6 is 0 Å². The number of hydrogen-bond donors (Lipinski definition) is 1. The number of carbonyl (C=O) groups excluding carboxylic acids is 1. The quantitative estimate of drug-likeness (QED) is 0.874. The first-order valence-corrected chi connectivity index (χ1v) is 8.42. The summed E-state index contributed by atoms with van der Waals surface area (Å²) in [5.41, 5.74) is 1.55. The third kappa shape index (κ3) is 4.11. The molecule has 1 saturated heterocycles. The molecule has 0 aromatic carbocycles. The minimum atomic E-state index is -0.0739. The van der Waals surface area contributed by atoms with E-state index in [4.69, 9.17) is 0 Å². The Labute approximate surface area is 148 Å². The lowest BCUT2D eigenvalue weighted by Crippen LogP contribution is -2.43. The number of anilines is 1. The zero-order valence-corrected chi connectivity index (χ0v) is 14.9. The summed E-state index contributed by atoms with van der Waals surface area (Å²) < 4.78 is 0. The molecule has 1 N–H and O–H groups in total. The van der Waals surface area contributed by atoms with Crippen molar-refractivity contribution in [2.75, 3.05) is 38.6 Å². The summed E-state index contributed by atoms with van der Waals surface area (Å²) >= 11 is 0. The van der Waals surface area contributed by atoms with Crippen LogP contribution in [0.2, 0.25) is 0 Å². The van der Waals surface area contributed by atoms with Gasteiger partial charge in [-0.25, -0.2) is 9.97 Å². The van der Waals surface area contributed by atoms with Crippen molar-refractivity contribution in [3.63, 3.8) is 0 Å². The summed E-state index contributed by atoms with van der Waals surface area (Å²) in [6.45, 7) is 4.33. The standard InChI is InChI=1S/C18H24N6O/c1-13-5-8-19-9-15(13)17(25)22-16-12-24(11-14(16)10-23(2)3)18-20-6-4-7-21-18/h4-9,14,16H,10-12H2,1-3H3,(H,22,25)/t14-,16-/m1/s1. The third-order valence-corrected chi connectivity index (χ3v) is 4.48. The van der Waals surface area contributed by atoms with E-state index in [0.717, 1.165) is 18.7 Å². The van der Waals surface area contributed by atoms with Crippen LogP contribution in [-0.4, -0.2) is 65.5 Å². The number of nitrogens with one attached hydrogen (secondary N) is 1. The summed E-state index contributed by atoms with van der Waals surface area (Å²) in [5.74, 6) is 0.940. The second kappa shape index (κ2) is 7.57. The zero-order valence-electron chi connectivity index (χ0n) is 14.9. The molecule has 2 aromatic rings. The van der Waals surface area contributed by atoms with Gasteiger partial charge in [0.1, 0.15) is 0 Å². The van der Waals surface area contributed by atoms with Crippen molar-refractivity contribution in [3.05, 3.63) is 48.0 Å². The van der Waals surface area contributed by atoms with Crippen LogP contribution in [-0.2, 0) is 0 Å². The van der Waals surface area contributed by atoms with Gasteiger partial charge in [0.05, 0.1) is 11.6 Å².